The summed E-state index contributed by atoms with van der Waals surface area (Å²) < 4.78 is 3.17. The summed E-state index contributed by atoms with van der Waals surface area (Å²) in [6.07, 6.45) is 3.37. The van der Waals surface area contributed by atoms with Gasteiger partial charge < -0.3 is 14.5 Å². The molecule has 2 rings (SSSR count). The fourth-order valence-corrected chi connectivity index (χ4v) is 3.04. The van der Waals surface area contributed by atoms with Crippen LogP contribution in [0.2, 0.25) is 0 Å². The van der Waals surface area contributed by atoms with E-state index >= 15 is 0 Å². The topological polar surface area (TPSA) is 24.0 Å². The van der Waals surface area contributed by atoms with E-state index in [9.17, 15) is 0 Å². The fraction of sp³-hybridized carbons (Fsp3) is 0.786. The summed E-state index contributed by atoms with van der Waals surface area (Å²) in [6, 6.07) is 0. The summed E-state index contributed by atoms with van der Waals surface area (Å²) in [4.78, 5) is 5.73. The second-order valence-corrected chi connectivity index (χ2v) is 6.77. The van der Waals surface area contributed by atoms with Crippen molar-refractivity contribution >= 4 is 12.2 Å². The van der Waals surface area contributed by atoms with E-state index in [-0.39, 0.29) is 5.41 Å². The summed E-state index contributed by atoms with van der Waals surface area (Å²) in [5.41, 5.74) is 1.47. The number of likely N-dealkylation sites (tertiary alicyclic amines) is 1. The average molecular weight is 267 g/mol. The first-order valence-corrected chi connectivity index (χ1v) is 7.33. The van der Waals surface area contributed by atoms with Crippen molar-refractivity contribution in [1.29, 1.82) is 0 Å². The molecule has 4 heteroatoms. The highest BCUT2D eigenvalue weighted by molar-refractivity contribution is 7.71. The van der Waals surface area contributed by atoms with Gasteiger partial charge in [-0.05, 0) is 37.6 Å². The third kappa shape index (κ3) is 2.86. The van der Waals surface area contributed by atoms with Gasteiger partial charge in [0.2, 0.25) is 0 Å². The zero-order valence-electron chi connectivity index (χ0n) is 12.0. The van der Waals surface area contributed by atoms with Gasteiger partial charge in [-0.2, -0.15) is 0 Å². The zero-order chi connectivity index (χ0) is 13.3. The molecule has 0 radical (unpaired) electrons. The molecule has 2 heterocycles. The van der Waals surface area contributed by atoms with Crippen LogP contribution < -0.4 is 0 Å². The molecule has 1 atom stereocenters. The Balaban J connectivity index is 2.15. The first-order chi connectivity index (χ1) is 8.41. The first kappa shape index (κ1) is 13.8. The Labute approximate surface area is 115 Å². The maximum atomic E-state index is 5.43. The molecule has 0 spiro atoms. The highest BCUT2D eigenvalue weighted by Gasteiger charge is 2.25. The number of nitrogens with zero attached hydrogens (tertiary/aromatic N) is 2. The number of hydrogen-bond donors (Lipinski definition) is 1. The predicted molar refractivity (Wildman–Crippen MR) is 78.5 cm³/mol. The Morgan fingerprint density at radius 2 is 2.17 bits per heavy atom. The van der Waals surface area contributed by atoms with Crippen LogP contribution in [0.3, 0.4) is 0 Å². The van der Waals surface area contributed by atoms with Crippen molar-refractivity contribution in [3.63, 3.8) is 0 Å². The molecule has 1 aliphatic heterocycles. The van der Waals surface area contributed by atoms with Crippen molar-refractivity contribution in [2.45, 2.75) is 46.1 Å². The maximum Gasteiger partial charge on any atom is 0.177 e. The van der Waals surface area contributed by atoms with Gasteiger partial charge in [-0.15, -0.1) is 0 Å². The van der Waals surface area contributed by atoms with E-state index in [1.807, 2.05) is 0 Å². The summed E-state index contributed by atoms with van der Waals surface area (Å²) in [6.45, 7) is 13.7. The number of rotatable bonds is 3. The Morgan fingerprint density at radius 3 is 2.72 bits per heavy atom. The molecule has 1 N–H and O–H groups in total. The van der Waals surface area contributed by atoms with E-state index in [1.165, 1.54) is 31.7 Å². The lowest BCUT2D eigenvalue weighted by Crippen LogP contribution is -2.24. The standard InChI is InChI=1S/C14H25N3S/c1-5-16-7-6-11(9-16)10-17-12(14(2,3)4)8-15-13(17)18/h8,11H,5-7,9-10H2,1-4H3,(H,15,18). The van der Waals surface area contributed by atoms with Crippen LogP contribution in [0.5, 0.6) is 0 Å². The molecule has 102 valence electrons. The van der Waals surface area contributed by atoms with Gasteiger partial charge in [0.1, 0.15) is 0 Å². The van der Waals surface area contributed by atoms with Gasteiger partial charge in [-0.25, -0.2) is 0 Å². The van der Waals surface area contributed by atoms with Gasteiger partial charge in [0.05, 0.1) is 0 Å². The van der Waals surface area contributed by atoms with E-state index in [4.69, 9.17) is 12.2 Å². The van der Waals surface area contributed by atoms with Crippen LogP contribution >= 0.6 is 12.2 Å². The van der Waals surface area contributed by atoms with Gasteiger partial charge in [0.25, 0.3) is 0 Å². The van der Waals surface area contributed by atoms with Crippen LogP contribution in [0.15, 0.2) is 6.20 Å². The number of aromatic nitrogens is 2. The van der Waals surface area contributed by atoms with Crippen molar-refractivity contribution in [3.05, 3.63) is 16.7 Å². The van der Waals surface area contributed by atoms with Crippen LogP contribution in [-0.4, -0.2) is 34.1 Å². The second kappa shape index (κ2) is 5.17. The van der Waals surface area contributed by atoms with E-state index in [0.717, 1.165) is 17.2 Å². The number of nitrogens with one attached hydrogen (secondary N) is 1. The van der Waals surface area contributed by atoms with Crippen LogP contribution in [0.25, 0.3) is 0 Å². The van der Waals surface area contributed by atoms with Crippen molar-refractivity contribution in [2.24, 2.45) is 5.92 Å². The van der Waals surface area contributed by atoms with Crippen molar-refractivity contribution in [1.82, 2.24) is 14.5 Å². The monoisotopic (exact) mass is 267 g/mol. The molecular formula is C14H25N3S. The molecule has 1 aliphatic rings. The number of hydrogen-bond acceptors (Lipinski definition) is 2. The van der Waals surface area contributed by atoms with E-state index < -0.39 is 0 Å². The predicted octanol–water partition coefficient (Wildman–Crippen LogP) is 3.18. The quantitative estimate of drug-likeness (QED) is 0.850. The lowest BCUT2D eigenvalue weighted by molar-refractivity contribution is 0.329. The number of aromatic amines is 1. The Morgan fingerprint density at radius 1 is 1.44 bits per heavy atom. The van der Waals surface area contributed by atoms with Gasteiger partial charge in [-0.1, -0.05) is 27.7 Å². The Kier molecular flexibility index (Phi) is 3.97. The van der Waals surface area contributed by atoms with Gasteiger partial charge in [-0.3, -0.25) is 0 Å². The molecule has 1 aromatic rings. The van der Waals surface area contributed by atoms with Gasteiger partial charge >= 0.3 is 0 Å². The summed E-state index contributed by atoms with van der Waals surface area (Å²) in [5, 5.41) is 0. The molecule has 0 aliphatic carbocycles. The molecular weight excluding hydrogens is 242 g/mol. The van der Waals surface area contributed by atoms with Crippen molar-refractivity contribution in [2.75, 3.05) is 19.6 Å². The lowest BCUT2D eigenvalue weighted by Gasteiger charge is -2.22. The van der Waals surface area contributed by atoms with Crippen LogP contribution in [0, 0.1) is 10.7 Å². The van der Waals surface area contributed by atoms with Crippen LogP contribution in [0.1, 0.15) is 39.8 Å². The zero-order valence-corrected chi connectivity index (χ0v) is 12.8. The summed E-state index contributed by atoms with van der Waals surface area (Å²) >= 11 is 5.43. The third-order valence-corrected chi connectivity index (χ3v) is 4.23. The SMILES string of the molecule is CCN1CCC(Cn2c(C(C)(C)C)c[nH]c2=S)C1. The van der Waals surface area contributed by atoms with Gasteiger partial charge in [0, 0.05) is 30.4 Å². The first-order valence-electron chi connectivity index (χ1n) is 6.93. The molecule has 0 saturated carbocycles. The lowest BCUT2D eigenvalue weighted by atomic mass is 9.92. The molecule has 1 saturated heterocycles. The van der Waals surface area contributed by atoms with Crippen molar-refractivity contribution < 1.29 is 0 Å². The molecule has 3 nitrogen and oxygen atoms in total. The molecule has 0 aromatic carbocycles. The molecule has 18 heavy (non-hydrogen) atoms. The highest BCUT2D eigenvalue weighted by atomic mass is 32.1. The Hall–Kier alpha value is -0.610. The molecule has 1 unspecified atom stereocenters. The fourth-order valence-electron chi connectivity index (χ4n) is 2.81. The molecule has 1 aromatic heterocycles. The second-order valence-electron chi connectivity index (χ2n) is 6.39. The minimum absolute atomic E-state index is 0.149. The normalized spacial score (nSPS) is 21.7. The molecule has 1 fully saturated rings. The summed E-state index contributed by atoms with van der Waals surface area (Å²) in [7, 11) is 0. The average Bonchev–Trinajstić information content (AvgIpc) is 2.86. The third-order valence-electron chi connectivity index (χ3n) is 3.89. The van der Waals surface area contributed by atoms with E-state index in [0.29, 0.717) is 0 Å². The highest BCUT2D eigenvalue weighted by Crippen LogP contribution is 2.25. The summed E-state index contributed by atoms with van der Waals surface area (Å²) in [5.74, 6) is 0.744. The smallest absolute Gasteiger partial charge is 0.177 e. The Bertz CT molecular complexity index is 452. The number of H-pyrrole nitrogens is 1. The molecule has 0 bridgehead atoms. The van der Waals surface area contributed by atoms with Crippen molar-refractivity contribution in [3.8, 4) is 0 Å². The molecule has 0 amide bonds. The van der Waals surface area contributed by atoms with Gasteiger partial charge in [0.15, 0.2) is 4.77 Å². The van der Waals surface area contributed by atoms with E-state index in [2.05, 4.69) is 48.3 Å². The maximum absolute atomic E-state index is 5.43. The minimum Gasteiger partial charge on any atom is -0.337 e. The van der Waals surface area contributed by atoms with Crippen LogP contribution in [0.4, 0.5) is 0 Å². The number of imidazole rings is 1. The minimum atomic E-state index is 0.149. The largest absolute Gasteiger partial charge is 0.337 e. The van der Waals surface area contributed by atoms with Crippen LogP contribution in [-0.2, 0) is 12.0 Å². The van der Waals surface area contributed by atoms with E-state index in [1.54, 1.807) is 0 Å².